The first-order chi connectivity index (χ1) is 15.8. The van der Waals surface area contributed by atoms with Gasteiger partial charge in [0, 0.05) is 17.6 Å². The third kappa shape index (κ3) is 3.76. The van der Waals surface area contributed by atoms with Gasteiger partial charge in [0.25, 0.3) is 5.56 Å². The van der Waals surface area contributed by atoms with Crippen LogP contribution in [0.4, 0.5) is 4.39 Å². The second kappa shape index (κ2) is 7.92. The van der Waals surface area contributed by atoms with Gasteiger partial charge in [-0.1, -0.05) is 55.5 Å². The number of allylic oxidation sites excluding steroid dienone is 2. The molecule has 2 aromatic carbocycles. The van der Waals surface area contributed by atoms with Gasteiger partial charge in [-0.2, -0.15) is 0 Å². The number of Topliss-reactive ketones (excluding diaryl/α,β-unsaturated/α-hetero) is 1. The number of halogens is 1. The Bertz CT molecular complexity index is 1480. The van der Waals surface area contributed by atoms with Crippen LogP contribution in [-0.2, 0) is 4.79 Å². The molecule has 33 heavy (non-hydrogen) atoms. The Morgan fingerprint density at radius 2 is 1.85 bits per heavy atom. The lowest BCUT2D eigenvalue weighted by molar-refractivity contribution is -0.118. The van der Waals surface area contributed by atoms with Crippen LogP contribution in [0, 0.1) is 11.2 Å². The van der Waals surface area contributed by atoms with E-state index in [1.54, 1.807) is 36.0 Å². The molecule has 2 aliphatic rings. The SMILES string of the molecule is COc1ccc(C2C3=C(CC(C)(C)CC3=O)N=c3sc(=Cc4ccccc4F)c(=O)n32)cc1. The average molecular weight is 463 g/mol. The Morgan fingerprint density at radius 1 is 1.12 bits per heavy atom. The van der Waals surface area contributed by atoms with Gasteiger partial charge in [-0.25, -0.2) is 9.38 Å². The van der Waals surface area contributed by atoms with Gasteiger partial charge in [0.2, 0.25) is 0 Å². The van der Waals surface area contributed by atoms with Crippen LogP contribution >= 0.6 is 11.3 Å². The molecule has 5 nitrogen and oxygen atoms in total. The quantitative estimate of drug-likeness (QED) is 0.596. The molecule has 1 aliphatic heterocycles. The third-order valence-corrected chi connectivity index (χ3v) is 7.10. The molecule has 0 saturated carbocycles. The summed E-state index contributed by atoms with van der Waals surface area (Å²) in [4.78, 5) is 32.1. The molecule has 0 amide bonds. The predicted octanol–water partition coefficient (Wildman–Crippen LogP) is 3.75. The molecule has 0 fully saturated rings. The maximum absolute atomic E-state index is 14.3. The molecule has 1 atom stereocenters. The fourth-order valence-corrected chi connectivity index (χ4v) is 5.59. The zero-order valence-corrected chi connectivity index (χ0v) is 19.4. The Balaban J connectivity index is 1.77. The first-order valence-electron chi connectivity index (χ1n) is 10.7. The van der Waals surface area contributed by atoms with Crippen molar-refractivity contribution in [2.75, 3.05) is 7.11 Å². The van der Waals surface area contributed by atoms with Crippen molar-refractivity contribution in [2.24, 2.45) is 10.4 Å². The standard InChI is InChI=1S/C26H23FN2O3S/c1-26(2)13-19-22(20(30)14-26)23(15-8-10-17(32-3)11-9-15)29-24(31)21(33-25(29)28-19)12-16-6-4-5-7-18(16)27/h4-12,23H,13-14H2,1-3H3. The van der Waals surface area contributed by atoms with Crippen LogP contribution in [0.15, 0.2) is 69.6 Å². The number of methoxy groups -OCH3 is 1. The number of ketones is 1. The van der Waals surface area contributed by atoms with E-state index in [0.717, 1.165) is 11.3 Å². The topological polar surface area (TPSA) is 60.7 Å². The molecule has 3 aromatic rings. The van der Waals surface area contributed by atoms with Gasteiger partial charge in [-0.05, 0) is 41.7 Å². The summed E-state index contributed by atoms with van der Waals surface area (Å²) in [6, 6.07) is 13.2. The highest BCUT2D eigenvalue weighted by Gasteiger charge is 2.40. The number of carbonyl (C=O) groups is 1. The Hall–Kier alpha value is -3.32. The molecule has 1 aliphatic carbocycles. The maximum Gasteiger partial charge on any atom is 0.271 e. The van der Waals surface area contributed by atoms with E-state index >= 15 is 0 Å². The highest BCUT2D eigenvalue weighted by atomic mass is 32.1. The highest BCUT2D eigenvalue weighted by molar-refractivity contribution is 7.07. The van der Waals surface area contributed by atoms with Crippen molar-refractivity contribution >= 4 is 23.2 Å². The smallest absolute Gasteiger partial charge is 0.271 e. The van der Waals surface area contributed by atoms with Crippen LogP contribution in [0.1, 0.15) is 43.9 Å². The molecule has 0 bridgehead atoms. The lowest BCUT2D eigenvalue weighted by atomic mass is 9.73. The van der Waals surface area contributed by atoms with Gasteiger partial charge in [0.05, 0.1) is 23.4 Å². The normalized spacial score (nSPS) is 19.7. The van der Waals surface area contributed by atoms with Crippen LogP contribution in [0.3, 0.4) is 0 Å². The van der Waals surface area contributed by atoms with E-state index in [1.807, 2.05) is 24.3 Å². The van der Waals surface area contributed by atoms with Crippen LogP contribution in [0.5, 0.6) is 5.75 Å². The van der Waals surface area contributed by atoms with Crippen LogP contribution in [0.2, 0.25) is 0 Å². The summed E-state index contributed by atoms with van der Waals surface area (Å²) in [6.07, 6.45) is 2.61. The van der Waals surface area contributed by atoms with Gasteiger partial charge in [-0.15, -0.1) is 0 Å². The molecule has 5 rings (SSSR count). The fourth-order valence-electron chi connectivity index (χ4n) is 4.58. The van der Waals surface area contributed by atoms with E-state index in [9.17, 15) is 14.0 Å². The minimum atomic E-state index is -0.575. The Kier molecular flexibility index (Phi) is 5.16. The second-order valence-corrected chi connectivity index (χ2v) is 10.2. The predicted molar refractivity (Wildman–Crippen MR) is 126 cm³/mol. The number of ether oxygens (including phenoxy) is 1. The van der Waals surface area contributed by atoms with Gasteiger partial charge < -0.3 is 4.74 Å². The molecule has 1 unspecified atom stereocenters. The van der Waals surface area contributed by atoms with Crippen LogP contribution < -0.4 is 19.6 Å². The van der Waals surface area contributed by atoms with Gasteiger partial charge in [0.1, 0.15) is 11.6 Å². The van der Waals surface area contributed by atoms with Crippen molar-refractivity contribution in [3.8, 4) is 5.75 Å². The molecule has 0 N–H and O–H groups in total. The number of hydrogen-bond acceptors (Lipinski definition) is 5. The minimum Gasteiger partial charge on any atom is -0.497 e. The Morgan fingerprint density at radius 3 is 2.55 bits per heavy atom. The Labute approximate surface area is 194 Å². The summed E-state index contributed by atoms with van der Waals surface area (Å²) >= 11 is 1.22. The van der Waals surface area contributed by atoms with E-state index in [-0.39, 0.29) is 16.8 Å². The summed E-state index contributed by atoms with van der Waals surface area (Å²) in [5.41, 5.74) is 1.97. The molecular formula is C26H23FN2O3S. The number of carbonyl (C=O) groups excluding carboxylic acids is 1. The number of nitrogens with zero attached hydrogens (tertiary/aromatic N) is 2. The van der Waals surface area contributed by atoms with E-state index < -0.39 is 11.9 Å². The molecule has 0 spiro atoms. The zero-order valence-electron chi connectivity index (χ0n) is 18.6. The fraction of sp³-hybridized carbons (Fsp3) is 0.269. The third-order valence-electron chi connectivity index (χ3n) is 6.12. The van der Waals surface area contributed by atoms with Gasteiger partial charge in [-0.3, -0.25) is 14.2 Å². The van der Waals surface area contributed by atoms with Crippen molar-refractivity contribution in [3.05, 3.63) is 96.4 Å². The largest absolute Gasteiger partial charge is 0.497 e. The molecule has 0 saturated heterocycles. The van der Waals surface area contributed by atoms with Crippen LogP contribution in [0.25, 0.3) is 6.08 Å². The number of benzene rings is 2. The second-order valence-electron chi connectivity index (χ2n) is 9.18. The number of rotatable bonds is 3. The molecule has 2 heterocycles. The first-order valence-corrected chi connectivity index (χ1v) is 11.6. The van der Waals surface area contributed by atoms with Crippen molar-refractivity contribution in [2.45, 2.75) is 32.7 Å². The molecule has 1 aromatic heterocycles. The first kappa shape index (κ1) is 21.5. The van der Waals surface area contributed by atoms with Crippen molar-refractivity contribution in [1.82, 2.24) is 4.57 Å². The maximum atomic E-state index is 14.3. The molecule has 168 valence electrons. The summed E-state index contributed by atoms with van der Waals surface area (Å²) in [7, 11) is 1.59. The highest BCUT2D eigenvalue weighted by Crippen LogP contribution is 2.43. The molecule has 7 heteroatoms. The molecule has 0 radical (unpaired) electrons. The lowest BCUT2D eigenvalue weighted by Gasteiger charge is -2.35. The average Bonchev–Trinajstić information content (AvgIpc) is 3.08. The number of thiazole rings is 1. The zero-order chi connectivity index (χ0) is 23.3. The van der Waals surface area contributed by atoms with Crippen LogP contribution in [-0.4, -0.2) is 17.5 Å². The summed E-state index contributed by atoms with van der Waals surface area (Å²) in [5.74, 6) is 0.302. The van der Waals surface area contributed by atoms with E-state index in [4.69, 9.17) is 9.73 Å². The summed E-state index contributed by atoms with van der Waals surface area (Å²) in [5, 5.41) is 0. The van der Waals surface area contributed by atoms with E-state index in [2.05, 4.69) is 13.8 Å². The number of aromatic nitrogens is 1. The van der Waals surface area contributed by atoms with Gasteiger partial charge >= 0.3 is 0 Å². The molecular weight excluding hydrogens is 439 g/mol. The lowest BCUT2D eigenvalue weighted by Crippen LogP contribution is -2.42. The number of fused-ring (bicyclic) bond motifs is 1. The van der Waals surface area contributed by atoms with Crippen molar-refractivity contribution in [3.63, 3.8) is 0 Å². The summed E-state index contributed by atoms with van der Waals surface area (Å²) in [6.45, 7) is 4.11. The van der Waals surface area contributed by atoms with Crippen molar-refractivity contribution < 1.29 is 13.9 Å². The van der Waals surface area contributed by atoms with E-state index in [1.165, 1.54) is 17.4 Å². The number of hydrogen-bond donors (Lipinski definition) is 0. The van der Waals surface area contributed by atoms with E-state index in [0.29, 0.717) is 39.1 Å². The monoisotopic (exact) mass is 462 g/mol. The minimum absolute atomic E-state index is 0.00852. The van der Waals surface area contributed by atoms with Crippen molar-refractivity contribution in [1.29, 1.82) is 0 Å². The summed E-state index contributed by atoms with van der Waals surface area (Å²) < 4.78 is 21.5. The van der Waals surface area contributed by atoms with Gasteiger partial charge in [0.15, 0.2) is 10.6 Å².